The van der Waals surface area contributed by atoms with Crippen LogP contribution in [-0.4, -0.2) is 14.3 Å². The lowest BCUT2D eigenvalue weighted by atomic mass is 10.2. The fourth-order valence-corrected chi connectivity index (χ4v) is 1.90. The second-order valence-electron chi connectivity index (χ2n) is 3.37. The number of aromatic nitrogens is 3. The summed E-state index contributed by atoms with van der Waals surface area (Å²) in [5.74, 6) is 1.34. The highest BCUT2D eigenvalue weighted by Gasteiger charge is 2.07. The third kappa shape index (κ3) is 1.90. The number of hydrogen-bond donors (Lipinski definition) is 1. The smallest absolute Gasteiger partial charge is 0.200 e. The van der Waals surface area contributed by atoms with Gasteiger partial charge in [-0.3, -0.25) is 4.98 Å². The van der Waals surface area contributed by atoms with E-state index in [1.165, 1.54) is 0 Å². The van der Waals surface area contributed by atoms with Crippen LogP contribution in [0.3, 0.4) is 0 Å². The van der Waals surface area contributed by atoms with E-state index < -0.39 is 0 Å². The summed E-state index contributed by atoms with van der Waals surface area (Å²) in [4.78, 5) is 8.36. The molecule has 0 aliphatic rings. The molecule has 84 valence electrons. The molecule has 0 fully saturated rings. The van der Waals surface area contributed by atoms with Gasteiger partial charge in [-0.05, 0) is 24.3 Å². The maximum atomic E-state index is 5.53. The Bertz CT molecular complexity index is 615. The zero-order valence-corrected chi connectivity index (χ0v) is 9.52. The average molecular weight is 244 g/mol. The van der Waals surface area contributed by atoms with E-state index in [0.29, 0.717) is 16.6 Å². The number of hydrogen-bond acceptors (Lipinski definition) is 6. The lowest BCUT2D eigenvalue weighted by Gasteiger charge is -1.97. The number of anilines is 1. The van der Waals surface area contributed by atoms with E-state index in [1.54, 1.807) is 12.5 Å². The van der Waals surface area contributed by atoms with Gasteiger partial charge < -0.3 is 10.2 Å². The highest BCUT2D eigenvalue weighted by Crippen LogP contribution is 2.22. The molecule has 0 radical (unpaired) electrons. The van der Waals surface area contributed by atoms with Gasteiger partial charge in [0, 0.05) is 23.3 Å². The van der Waals surface area contributed by atoms with Crippen LogP contribution in [0.5, 0.6) is 0 Å². The summed E-state index contributed by atoms with van der Waals surface area (Å²) < 4.78 is 9.38. The minimum Gasteiger partial charge on any atom is -0.464 e. The van der Waals surface area contributed by atoms with E-state index in [4.69, 9.17) is 10.2 Å². The number of nitrogen functional groups attached to an aromatic ring is 1. The molecule has 6 heteroatoms. The van der Waals surface area contributed by atoms with Gasteiger partial charge in [-0.2, -0.15) is 9.36 Å². The highest BCUT2D eigenvalue weighted by molar-refractivity contribution is 7.09. The van der Waals surface area contributed by atoms with Gasteiger partial charge in [-0.1, -0.05) is 0 Å². The number of nitrogens with two attached hydrogens (primary N) is 1. The van der Waals surface area contributed by atoms with E-state index in [1.807, 2.05) is 24.3 Å². The SMILES string of the molecule is Nc1nc(-c2ccc(-c3ccco3)cn2)ns1. The summed E-state index contributed by atoms with van der Waals surface area (Å²) in [6.07, 6.45) is 3.36. The second kappa shape index (κ2) is 3.99. The third-order valence-corrected chi connectivity index (χ3v) is 2.78. The maximum absolute atomic E-state index is 5.53. The highest BCUT2D eigenvalue weighted by atomic mass is 32.1. The topological polar surface area (TPSA) is 77.8 Å². The fraction of sp³-hybridized carbons (Fsp3) is 0. The monoisotopic (exact) mass is 244 g/mol. The molecule has 0 unspecified atom stereocenters. The molecule has 0 saturated heterocycles. The molecule has 0 atom stereocenters. The van der Waals surface area contributed by atoms with Gasteiger partial charge in [-0.25, -0.2) is 0 Å². The van der Waals surface area contributed by atoms with Gasteiger partial charge in [-0.15, -0.1) is 0 Å². The Morgan fingerprint density at radius 1 is 1.24 bits per heavy atom. The molecule has 0 aromatic carbocycles. The zero-order chi connectivity index (χ0) is 11.7. The Hall–Kier alpha value is -2.21. The molecular formula is C11H8N4OS. The van der Waals surface area contributed by atoms with Gasteiger partial charge in [0.15, 0.2) is 11.0 Å². The molecule has 3 heterocycles. The Balaban J connectivity index is 1.95. The number of furan rings is 1. The fourth-order valence-electron chi connectivity index (χ4n) is 1.45. The normalized spacial score (nSPS) is 10.6. The summed E-state index contributed by atoms with van der Waals surface area (Å²) in [5.41, 5.74) is 7.15. The largest absolute Gasteiger partial charge is 0.464 e. The van der Waals surface area contributed by atoms with Crippen molar-refractivity contribution in [3.05, 3.63) is 36.7 Å². The lowest BCUT2D eigenvalue weighted by molar-refractivity contribution is 0.582. The van der Waals surface area contributed by atoms with Gasteiger partial charge >= 0.3 is 0 Å². The van der Waals surface area contributed by atoms with E-state index in [-0.39, 0.29) is 0 Å². The van der Waals surface area contributed by atoms with Crippen LogP contribution >= 0.6 is 11.5 Å². The van der Waals surface area contributed by atoms with Crippen LogP contribution in [0.25, 0.3) is 22.8 Å². The van der Waals surface area contributed by atoms with Crippen molar-refractivity contribution in [3.8, 4) is 22.8 Å². The Kier molecular flexibility index (Phi) is 2.34. The first-order valence-electron chi connectivity index (χ1n) is 4.92. The van der Waals surface area contributed by atoms with Crippen LogP contribution in [0.1, 0.15) is 0 Å². The first-order chi connectivity index (χ1) is 8.33. The summed E-state index contributed by atoms with van der Waals surface area (Å²) in [6, 6.07) is 7.49. The van der Waals surface area contributed by atoms with Crippen LogP contribution in [0, 0.1) is 0 Å². The molecule has 2 N–H and O–H groups in total. The van der Waals surface area contributed by atoms with Crippen LogP contribution < -0.4 is 5.73 Å². The molecule has 0 amide bonds. The molecule has 3 aromatic heterocycles. The van der Waals surface area contributed by atoms with Crippen molar-refractivity contribution in [2.24, 2.45) is 0 Å². The maximum Gasteiger partial charge on any atom is 0.200 e. The zero-order valence-electron chi connectivity index (χ0n) is 8.70. The van der Waals surface area contributed by atoms with Crippen molar-refractivity contribution in [3.63, 3.8) is 0 Å². The molecular weight excluding hydrogens is 236 g/mol. The second-order valence-corrected chi connectivity index (χ2v) is 4.15. The Labute approximate surface area is 101 Å². The number of rotatable bonds is 2. The third-order valence-electron chi connectivity index (χ3n) is 2.24. The summed E-state index contributed by atoms with van der Waals surface area (Å²) in [7, 11) is 0. The molecule has 5 nitrogen and oxygen atoms in total. The minimum absolute atomic E-state index is 0.442. The first-order valence-corrected chi connectivity index (χ1v) is 5.70. The molecule has 0 spiro atoms. The van der Waals surface area contributed by atoms with Crippen molar-refractivity contribution in [2.45, 2.75) is 0 Å². The molecule has 0 aliphatic heterocycles. The molecule has 0 bridgehead atoms. The van der Waals surface area contributed by atoms with Crippen molar-refractivity contribution in [1.82, 2.24) is 14.3 Å². The van der Waals surface area contributed by atoms with E-state index in [9.17, 15) is 0 Å². The lowest BCUT2D eigenvalue weighted by Crippen LogP contribution is -1.87. The molecule has 0 aliphatic carbocycles. The Morgan fingerprint density at radius 2 is 2.18 bits per heavy atom. The van der Waals surface area contributed by atoms with Crippen LogP contribution in [0.15, 0.2) is 41.1 Å². The van der Waals surface area contributed by atoms with Crippen LogP contribution in [-0.2, 0) is 0 Å². The number of pyridine rings is 1. The molecule has 17 heavy (non-hydrogen) atoms. The van der Waals surface area contributed by atoms with Gasteiger partial charge in [0.05, 0.1) is 6.26 Å². The van der Waals surface area contributed by atoms with Gasteiger partial charge in [0.1, 0.15) is 11.5 Å². The van der Waals surface area contributed by atoms with Crippen LogP contribution in [0.4, 0.5) is 5.13 Å². The molecule has 0 saturated carbocycles. The molecule has 3 rings (SSSR count). The number of nitrogens with zero attached hydrogens (tertiary/aromatic N) is 3. The van der Waals surface area contributed by atoms with E-state index in [0.717, 1.165) is 22.9 Å². The van der Waals surface area contributed by atoms with Crippen molar-refractivity contribution in [2.75, 3.05) is 5.73 Å². The summed E-state index contributed by atoms with van der Waals surface area (Å²) >= 11 is 1.16. The standard InChI is InChI=1S/C11H8N4OS/c12-11-14-10(15-17-11)8-4-3-7(6-13-8)9-2-1-5-16-9/h1-6H,(H2,12,14,15). The van der Waals surface area contributed by atoms with E-state index in [2.05, 4.69) is 14.3 Å². The minimum atomic E-state index is 0.442. The van der Waals surface area contributed by atoms with Crippen LogP contribution in [0.2, 0.25) is 0 Å². The Morgan fingerprint density at radius 3 is 2.76 bits per heavy atom. The average Bonchev–Trinajstić information content (AvgIpc) is 3.00. The van der Waals surface area contributed by atoms with E-state index >= 15 is 0 Å². The molecule has 3 aromatic rings. The van der Waals surface area contributed by atoms with Crippen molar-refractivity contribution in [1.29, 1.82) is 0 Å². The predicted molar refractivity (Wildman–Crippen MR) is 65.3 cm³/mol. The summed E-state index contributed by atoms with van der Waals surface area (Å²) in [5, 5.41) is 0.442. The van der Waals surface area contributed by atoms with Gasteiger partial charge in [0.25, 0.3) is 0 Å². The van der Waals surface area contributed by atoms with Crippen molar-refractivity contribution < 1.29 is 4.42 Å². The predicted octanol–water partition coefficient (Wildman–Crippen LogP) is 2.44. The van der Waals surface area contributed by atoms with Gasteiger partial charge in [0.2, 0.25) is 0 Å². The summed E-state index contributed by atoms with van der Waals surface area (Å²) in [6.45, 7) is 0. The quantitative estimate of drug-likeness (QED) is 0.749. The van der Waals surface area contributed by atoms with Crippen molar-refractivity contribution >= 4 is 16.7 Å². The first kappa shape index (κ1) is 9.98.